The smallest absolute Gasteiger partial charge is 0.326 e. The Balaban J connectivity index is 2.67. The zero-order valence-corrected chi connectivity index (χ0v) is 13.1. The van der Waals surface area contributed by atoms with Crippen molar-refractivity contribution in [1.29, 1.82) is 0 Å². The Hall–Kier alpha value is -2.09. The minimum atomic E-state index is -1.36. The van der Waals surface area contributed by atoms with Crippen LogP contribution >= 0.6 is 15.9 Å². The number of aliphatic carboxylic acids is 1. The van der Waals surface area contributed by atoms with Gasteiger partial charge in [-0.1, -0.05) is 22.0 Å². The third kappa shape index (κ3) is 5.42. The molecule has 0 aliphatic rings. The minimum absolute atomic E-state index is 0.448. The van der Waals surface area contributed by atoms with Crippen LogP contribution in [0.3, 0.4) is 0 Å². The number of carbonyl (C=O) groups excluding carboxylic acids is 2. The summed E-state index contributed by atoms with van der Waals surface area (Å²) in [5.74, 6) is -2.04. The van der Waals surface area contributed by atoms with Crippen LogP contribution in [-0.2, 0) is 14.3 Å². The zero-order valence-electron chi connectivity index (χ0n) is 11.5. The summed E-state index contributed by atoms with van der Waals surface area (Å²) in [4.78, 5) is 33.8. The number of urea groups is 1. The Bertz CT molecular complexity index is 561. The number of aryl methyl sites for hydroxylation is 1. The van der Waals surface area contributed by atoms with E-state index in [1.807, 2.05) is 6.92 Å². The number of anilines is 1. The maximum atomic E-state index is 11.7. The van der Waals surface area contributed by atoms with E-state index in [9.17, 15) is 14.4 Å². The van der Waals surface area contributed by atoms with E-state index in [1.165, 1.54) is 0 Å². The molecule has 0 radical (unpaired) electrons. The molecule has 2 amide bonds. The number of carboxylic acids is 1. The highest BCUT2D eigenvalue weighted by Gasteiger charge is 2.23. The highest BCUT2D eigenvalue weighted by Crippen LogP contribution is 2.20. The maximum Gasteiger partial charge on any atom is 0.326 e. The third-order valence-corrected chi connectivity index (χ3v) is 3.49. The lowest BCUT2D eigenvalue weighted by atomic mass is 10.2. The van der Waals surface area contributed by atoms with Crippen molar-refractivity contribution in [3.8, 4) is 0 Å². The third-order valence-electron chi connectivity index (χ3n) is 2.63. The van der Waals surface area contributed by atoms with E-state index in [1.54, 1.807) is 18.2 Å². The van der Waals surface area contributed by atoms with Gasteiger partial charge < -0.3 is 20.5 Å². The maximum absolute atomic E-state index is 11.7. The van der Waals surface area contributed by atoms with E-state index < -0.39 is 30.4 Å². The first-order chi connectivity index (χ1) is 9.83. The molecule has 21 heavy (non-hydrogen) atoms. The van der Waals surface area contributed by atoms with Gasteiger partial charge in [-0.15, -0.1) is 0 Å². The summed E-state index contributed by atoms with van der Waals surface area (Å²) < 4.78 is 5.19. The molecule has 0 aromatic heterocycles. The number of esters is 1. The number of hydrogen-bond donors (Lipinski definition) is 3. The van der Waals surface area contributed by atoms with E-state index in [0.29, 0.717) is 5.69 Å². The predicted octanol–water partition coefficient (Wildman–Crippen LogP) is 1.90. The zero-order chi connectivity index (χ0) is 16.0. The van der Waals surface area contributed by atoms with E-state index >= 15 is 0 Å². The van der Waals surface area contributed by atoms with Crippen LogP contribution in [0.4, 0.5) is 10.5 Å². The van der Waals surface area contributed by atoms with Crippen LogP contribution in [-0.4, -0.2) is 36.2 Å². The number of carboxylic acid groups (broad SMARTS) is 1. The second-order valence-corrected chi connectivity index (χ2v) is 5.09. The summed E-state index contributed by atoms with van der Waals surface area (Å²) in [7, 11) is 1.14. The van der Waals surface area contributed by atoms with Crippen molar-refractivity contribution < 1.29 is 24.2 Å². The second kappa shape index (κ2) is 7.63. The number of halogens is 1. The van der Waals surface area contributed by atoms with Gasteiger partial charge in [0.15, 0.2) is 0 Å². The normalized spacial score (nSPS) is 11.4. The number of rotatable bonds is 5. The molecule has 0 aliphatic carbocycles. The molecule has 1 aromatic rings. The monoisotopic (exact) mass is 358 g/mol. The molecule has 7 nitrogen and oxygen atoms in total. The molecule has 1 aromatic carbocycles. The van der Waals surface area contributed by atoms with E-state index in [2.05, 4.69) is 31.3 Å². The van der Waals surface area contributed by atoms with E-state index in [4.69, 9.17) is 5.11 Å². The van der Waals surface area contributed by atoms with Crippen molar-refractivity contribution in [3.05, 3.63) is 28.2 Å². The van der Waals surface area contributed by atoms with E-state index in [-0.39, 0.29) is 0 Å². The van der Waals surface area contributed by atoms with Gasteiger partial charge in [-0.2, -0.15) is 0 Å². The van der Waals surface area contributed by atoms with Gasteiger partial charge in [-0.05, 0) is 24.6 Å². The average molecular weight is 359 g/mol. The fraction of sp³-hybridized carbons (Fsp3) is 0.308. The van der Waals surface area contributed by atoms with Crippen LogP contribution in [0.2, 0.25) is 0 Å². The standard InChI is InChI=1S/C13H15BrN2O5/c1-7-3-4-8(5-9(7)14)15-13(20)16-10(12(18)19)6-11(17)21-2/h3-5,10H,6H2,1-2H3,(H,18,19)(H2,15,16,20)/t10-/m0/s1. The van der Waals surface area contributed by atoms with Gasteiger partial charge in [0.25, 0.3) is 0 Å². The van der Waals surface area contributed by atoms with Crippen molar-refractivity contribution in [2.24, 2.45) is 0 Å². The summed E-state index contributed by atoms with van der Waals surface area (Å²) in [6.07, 6.45) is -0.448. The number of benzene rings is 1. The fourth-order valence-corrected chi connectivity index (χ4v) is 1.82. The molecular weight excluding hydrogens is 344 g/mol. The Labute approximate surface area is 129 Å². The van der Waals surface area contributed by atoms with Gasteiger partial charge >= 0.3 is 18.0 Å². The number of carbonyl (C=O) groups is 3. The molecule has 1 rings (SSSR count). The predicted molar refractivity (Wildman–Crippen MR) is 79.1 cm³/mol. The quantitative estimate of drug-likeness (QED) is 0.697. The molecule has 0 bridgehead atoms. The first kappa shape index (κ1) is 17.0. The Morgan fingerprint density at radius 2 is 2.05 bits per heavy atom. The van der Waals surface area contributed by atoms with Crippen LogP contribution in [0, 0.1) is 6.92 Å². The molecule has 0 saturated heterocycles. The van der Waals surface area contributed by atoms with Gasteiger partial charge in [0, 0.05) is 10.2 Å². The average Bonchev–Trinajstić information content (AvgIpc) is 2.41. The second-order valence-electron chi connectivity index (χ2n) is 4.23. The lowest BCUT2D eigenvalue weighted by molar-refractivity contribution is -0.147. The molecule has 0 fully saturated rings. The molecule has 0 spiro atoms. The van der Waals surface area contributed by atoms with Crippen LogP contribution in [0.5, 0.6) is 0 Å². The SMILES string of the molecule is COC(=O)C[C@H](NC(=O)Nc1ccc(C)c(Br)c1)C(=O)O. The highest BCUT2D eigenvalue weighted by molar-refractivity contribution is 9.10. The van der Waals surface area contributed by atoms with Crippen molar-refractivity contribution in [2.45, 2.75) is 19.4 Å². The van der Waals surface area contributed by atoms with Crippen LogP contribution in [0.15, 0.2) is 22.7 Å². The number of nitrogens with one attached hydrogen (secondary N) is 2. The number of hydrogen-bond acceptors (Lipinski definition) is 4. The van der Waals surface area contributed by atoms with Gasteiger partial charge in [0.05, 0.1) is 13.5 Å². The lowest BCUT2D eigenvalue weighted by Gasteiger charge is -2.14. The highest BCUT2D eigenvalue weighted by atomic mass is 79.9. The van der Waals surface area contributed by atoms with Gasteiger partial charge in [0.1, 0.15) is 6.04 Å². The molecular formula is C13H15BrN2O5. The molecule has 0 aliphatic heterocycles. The van der Waals surface area contributed by atoms with Crippen molar-refractivity contribution in [1.82, 2.24) is 5.32 Å². The molecule has 0 heterocycles. The first-order valence-electron chi connectivity index (χ1n) is 5.96. The number of methoxy groups -OCH3 is 1. The molecule has 8 heteroatoms. The number of ether oxygens (including phenoxy) is 1. The topological polar surface area (TPSA) is 105 Å². The Morgan fingerprint density at radius 1 is 1.38 bits per heavy atom. The molecule has 0 unspecified atom stereocenters. The van der Waals surface area contributed by atoms with E-state index in [0.717, 1.165) is 17.1 Å². The molecule has 0 saturated carbocycles. The first-order valence-corrected chi connectivity index (χ1v) is 6.76. The van der Waals surface area contributed by atoms with Crippen LogP contribution in [0.1, 0.15) is 12.0 Å². The summed E-state index contributed by atoms with van der Waals surface area (Å²) in [6.45, 7) is 1.89. The molecule has 114 valence electrons. The van der Waals surface area contributed by atoms with Crippen molar-refractivity contribution in [3.63, 3.8) is 0 Å². The molecule has 3 N–H and O–H groups in total. The largest absolute Gasteiger partial charge is 0.480 e. The van der Waals surface area contributed by atoms with Crippen LogP contribution in [0.25, 0.3) is 0 Å². The Kier molecular flexibility index (Phi) is 6.16. The Morgan fingerprint density at radius 3 is 2.57 bits per heavy atom. The summed E-state index contributed by atoms with van der Waals surface area (Å²) >= 11 is 3.33. The summed E-state index contributed by atoms with van der Waals surface area (Å²) in [5.41, 5.74) is 1.49. The van der Waals surface area contributed by atoms with Gasteiger partial charge in [0.2, 0.25) is 0 Å². The van der Waals surface area contributed by atoms with Gasteiger partial charge in [-0.25, -0.2) is 9.59 Å². The molecule has 1 atom stereocenters. The van der Waals surface area contributed by atoms with Crippen LogP contribution < -0.4 is 10.6 Å². The lowest BCUT2D eigenvalue weighted by Crippen LogP contribution is -2.44. The number of amides is 2. The van der Waals surface area contributed by atoms with Crippen molar-refractivity contribution >= 4 is 39.6 Å². The van der Waals surface area contributed by atoms with Gasteiger partial charge in [-0.3, -0.25) is 4.79 Å². The minimum Gasteiger partial charge on any atom is -0.480 e. The van der Waals surface area contributed by atoms with Crippen molar-refractivity contribution in [2.75, 3.05) is 12.4 Å². The fourth-order valence-electron chi connectivity index (χ4n) is 1.45. The summed E-state index contributed by atoms with van der Waals surface area (Å²) in [5, 5.41) is 13.6. The summed E-state index contributed by atoms with van der Waals surface area (Å²) in [6, 6.07) is 3.08.